The van der Waals surface area contributed by atoms with Gasteiger partial charge in [0.05, 0.1) is 11.9 Å². The van der Waals surface area contributed by atoms with Gasteiger partial charge in [0.2, 0.25) is 5.67 Å². The van der Waals surface area contributed by atoms with Crippen molar-refractivity contribution in [2.24, 2.45) is 5.92 Å². The summed E-state index contributed by atoms with van der Waals surface area (Å²) in [5.74, 6) is 0.170. The number of halogens is 1. The van der Waals surface area contributed by atoms with E-state index in [1.165, 1.54) is 19.4 Å². The van der Waals surface area contributed by atoms with Gasteiger partial charge in [0, 0.05) is 24.8 Å². The standard InChI is InChI=1S/C22H33FN4O/c1-16-18-10-9-17-11-15-27(20(17)26-18)14-7-3-2-5-12-22(23,21(28)25-16)19-8-4-6-13-24-19/h4,6,8,13,16-18,20,26H,2-3,5,7,9-12,14-15H2,1H3,(H,25,28)/t16-,17?,18?,20?,22-/m1/s1. The minimum Gasteiger partial charge on any atom is -0.349 e. The molecule has 1 aromatic heterocycles. The molecule has 5 atom stereocenters. The van der Waals surface area contributed by atoms with E-state index in [1.807, 2.05) is 6.92 Å². The van der Waals surface area contributed by atoms with E-state index in [2.05, 4.69) is 20.5 Å². The molecule has 2 bridgehead atoms. The molecule has 0 spiro atoms. The summed E-state index contributed by atoms with van der Waals surface area (Å²) < 4.78 is 16.0. The normalized spacial score (nSPS) is 37.9. The molecule has 3 aliphatic heterocycles. The molecule has 0 aliphatic carbocycles. The van der Waals surface area contributed by atoms with E-state index in [-0.39, 0.29) is 24.2 Å². The van der Waals surface area contributed by atoms with Gasteiger partial charge in [0.15, 0.2) is 0 Å². The van der Waals surface area contributed by atoms with Gasteiger partial charge in [0.25, 0.3) is 5.91 Å². The van der Waals surface area contributed by atoms with Crippen LogP contribution in [0.4, 0.5) is 4.39 Å². The SMILES string of the molecule is C[C@H]1NC(=O)[C@](F)(c2ccccn2)CCCCCCN2CCC3CCC1NC32. The number of pyridine rings is 1. The summed E-state index contributed by atoms with van der Waals surface area (Å²) in [4.78, 5) is 19.8. The molecule has 1 aromatic rings. The minimum atomic E-state index is -2.06. The predicted molar refractivity (Wildman–Crippen MR) is 107 cm³/mol. The van der Waals surface area contributed by atoms with Crippen LogP contribution in [-0.2, 0) is 10.5 Å². The first-order valence-electron chi connectivity index (χ1n) is 11.0. The van der Waals surface area contributed by atoms with Gasteiger partial charge in [-0.3, -0.25) is 20.0 Å². The van der Waals surface area contributed by atoms with Crippen molar-refractivity contribution in [2.75, 3.05) is 13.1 Å². The molecule has 2 N–H and O–H groups in total. The van der Waals surface area contributed by atoms with Crippen LogP contribution in [0.3, 0.4) is 0 Å². The van der Waals surface area contributed by atoms with Crippen molar-refractivity contribution in [1.29, 1.82) is 0 Å². The first-order valence-corrected chi connectivity index (χ1v) is 11.0. The molecule has 28 heavy (non-hydrogen) atoms. The zero-order chi connectivity index (χ0) is 19.6. The van der Waals surface area contributed by atoms with Gasteiger partial charge in [-0.2, -0.15) is 0 Å². The number of hydrogen-bond acceptors (Lipinski definition) is 4. The summed E-state index contributed by atoms with van der Waals surface area (Å²) in [5, 5.41) is 6.77. The zero-order valence-electron chi connectivity index (χ0n) is 16.9. The van der Waals surface area contributed by atoms with Gasteiger partial charge in [-0.05, 0) is 70.0 Å². The van der Waals surface area contributed by atoms with Crippen molar-refractivity contribution < 1.29 is 9.18 Å². The number of rotatable bonds is 1. The molecule has 154 valence electrons. The number of hydrogen-bond donors (Lipinski definition) is 2. The predicted octanol–water partition coefficient (Wildman–Crippen LogP) is 3.12. The highest BCUT2D eigenvalue weighted by Gasteiger charge is 2.44. The highest BCUT2D eigenvalue weighted by molar-refractivity contribution is 5.86. The monoisotopic (exact) mass is 388 g/mol. The highest BCUT2D eigenvalue weighted by Crippen LogP contribution is 2.34. The van der Waals surface area contributed by atoms with E-state index in [1.54, 1.807) is 24.4 Å². The second-order valence-corrected chi connectivity index (χ2v) is 8.82. The van der Waals surface area contributed by atoms with Crippen LogP contribution in [-0.4, -0.2) is 47.1 Å². The zero-order valence-corrected chi connectivity index (χ0v) is 16.9. The quantitative estimate of drug-likeness (QED) is 0.776. The number of amides is 1. The lowest BCUT2D eigenvalue weighted by molar-refractivity contribution is -0.135. The Bertz CT molecular complexity index is 672. The number of aromatic nitrogens is 1. The van der Waals surface area contributed by atoms with Gasteiger partial charge in [0.1, 0.15) is 0 Å². The molecule has 3 saturated heterocycles. The van der Waals surface area contributed by atoms with Crippen molar-refractivity contribution in [3.8, 4) is 0 Å². The Morgan fingerprint density at radius 3 is 2.82 bits per heavy atom. The van der Waals surface area contributed by atoms with E-state index in [0.29, 0.717) is 18.5 Å². The van der Waals surface area contributed by atoms with E-state index < -0.39 is 11.6 Å². The Balaban J connectivity index is 1.55. The van der Waals surface area contributed by atoms with Gasteiger partial charge in [-0.15, -0.1) is 0 Å². The first kappa shape index (κ1) is 19.8. The maximum absolute atomic E-state index is 16.0. The van der Waals surface area contributed by atoms with Crippen molar-refractivity contribution >= 4 is 5.91 Å². The van der Waals surface area contributed by atoms with Crippen LogP contribution < -0.4 is 10.6 Å². The fraction of sp³-hybridized carbons (Fsp3) is 0.727. The molecule has 3 unspecified atom stereocenters. The molecule has 1 amide bonds. The lowest BCUT2D eigenvalue weighted by Gasteiger charge is -2.40. The number of carbonyl (C=O) groups excluding carboxylic acids is 1. The van der Waals surface area contributed by atoms with Crippen LogP contribution in [0.1, 0.15) is 64.0 Å². The summed E-state index contributed by atoms with van der Waals surface area (Å²) in [7, 11) is 0. The maximum Gasteiger partial charge on any atom is 0.264 e. The van der Waals surface area contributed by atoms with Crippen molar-refractivity contribution in [2.45, 2.75) is 82.2 Å². The Hall–Kier alpha value is -1.53. The number of fused-ring (bicyclic) bond motifs is 1. The van der Waals surface area contributed by atoms with Crippen molar-refractivity contribution in [3.63, 3.8) is 0 Å². The molecule has 0 radical (unpaired) electrons. The van der Waals surface area contributed by atoms with Crippen LogP contribution in [0.5, 0.6) is 0 Å². The fourth-order valence-electron chi connectivity index (χ4n) is 5.23. The minimum absolute atomic E-state index is 0.113. The first-order chi connectivity index (χ1) is 13.6. The van der Waals surface area contributed by atoms with E-state index in [9.17, 15) is 4.79 Å². The van der Waals surface area contributed by atoms with Crippen molar-refractivity contribution in [1.82, 2.24) is 20.5 Å². The molecule has 5 nitrogen and oxygen atoms in total. The second-order valence-electron chi connectivity index (χ2n) is 8.82. The Kier molecular flexibility index (Phi) is 5.97. The van der Waals surface area contributed by atoms with Crippen LogP contribution in [0.15, 0.2) is 24.4 Å². The molecular weight excluding hydrogens is 355 g/mol. The molecule has 3 fully saturated rings. The number of nitrogens with zero attached hydrogens (tertiary/aromatic N) is 2. The molecule has 0 aromatic carbocycles. The van der Waals surface area contributed by atoms with Crippen LogP contribution in [0.2, 0.25) is 0 Å². The molecule has 4 heterocycles. The average Bonchev–Trinajstić information content (AvgIpc) is 3.12. The number of alkyl halides is 1. The molecular formula is C22H33FN4O. The van der Waals surface area contributed by atoms with E-state index in [0.717, 1.165) is 32.2 Å². The average molecular weight is 389 g/mol. The van der Waals surface area contributed by atoms with Crippen LogP contribution >= 0.6 is 0 Å². The van der Waals surface area contributed by atoms with Crippen LogP contribution in [0.25, 0.3) is 0 Å². The summed E-state index contributed by atoms with van der Waals surface area (Å²) >= 11 is 0. The summed E-state index contributed by atoms with van der Waals surface area (Å²) in [6, 6.07) is 5.21. The van der Waals surface area contributed by atoms with E-state index >= 15 is 4.39 Å². The number of nitrogens with one attached hydrogen (secondary N) is 2. The van der Waals surface area contributed by atoms with E-state index in [4.69, 9.17) is 0 Å². The Labute approximate surface area is 167 Å². The molecule has 6 heteroatoms. The van der Waals surface area contributed by atoms with Gasteiger partial charge in [-0.1, -0.05) is 18.9 Å². The maximum atomic E-state index is 16.0. The summed E-state index contributed by atoms with van der Waals surface area (Å²) in [5.41, 5.74) is -1.83. The topological polar surface area (TPSA) is 57.3 Å². The third-order valence-electron chi connectivity index (χ3n) is 6.97. The number of piperidine rings is 1. The van der Waals surface area contributed by atoms with Gasteiger partial charge >= 0.3 is 0 Å². The second kappa shape index (κ2) is 8.46. The molecule has 3 aliphatic rings. The van der Waals surface area contributed by atoms with Gasteiger partial charge < -0.3 is 5.32 Å². The Morgan fingerprint density at radius 2 is 2.00 bits per heavy atom. The Morgan fingerprint density at radius 1 is 1.14 bits per heavy atom. The number of carbonyl (C=O) groups is 1. The van der Waals surface area contributed by atoms with Crippen LogP contribution in [0, 0.1) is 5.92 Å². The largest absolute Gasteiger partial charge is 0.349 e. The lowest BCUT2D eigenvalue weighted by Crippen LogP contribution is -2.60. The smallest absolute Gasteiger partial charge is 0.264 e. The third-order valence-corrected chi connectivity index (χ3v) is 6.97. The lowest BCUT2D eigenvalue weighted by atomic mass is 9.87. The fourth-order valence-corrected chi connectivity index (χ4v) is 5.23. The molecule has 0 saturated carbocycles. The summed E-state index contributed by atoms with van der Waals surface area (Å²) in [6.07, 6.45) is 9.49. The molecule has 4 rings (SSSR count). The van der Waals surface area contributed by atoms with Gasteiger partial charge in [-0.25, -0.2) is 4.39 Å². The summed E-state index contributed by atoms with van der Waals surface area (Å²) in [6.45, 7) is 4.28. The highest BCUT2D eigenvalue weighted by atomic mass is 19.1. The van der Waals surface area contributed by atoms with Crippen molar-refractivity contribution in [3.05, 3.63) is 30.1 Å². The third kappa shape index (κ3) is 3.94.